The van der Waals surface area contributed by atoms with Crippen molar-refractivity contribution in [2.75, 3.05) is 0 Å². The topological polar surface area (TPSA) is 65.6 Å². The Balaban J connectivity index is 1.64. The summed E-state index contributed by atoms with van der Waals surface area (Å²) in [7, 11) is 0. The number of imidazole rings is 1. The van der Waals surface area contributed by atoms with E-state index in [1.807, 2.05) is 30.3 Å². The molecule has 0 aliphatic rings. The number of aromatic amines is 1. The van der Waals surface area contributed by atoms with Gasteiger partial charge in [-0.15, -0.1) is 0 Å². The second-order valence-corrected chi connectivity index (χ2v) is 7.87. The number of H-pyrrole nitrogens is 1. The van der Waals surface area contributed by atoms with Gasteiger partial charge in [-0.05, 0) is 53.2 Å². The third-order valence-electron chi connectivity index (χ3n) is 3.96. The van der Waals surface area contributed by atoms with Gasteiger partial charge in [-0.1, -0.05) is 41.6 Å². The molecule has 0 saturated heterocycles. The Hall–Kier alpha value is -2.75. The Morgan fingerprint density at radius 2 is 2.00 bits per heavy atom. The molecule has 6 heteroatoms. The second-order valence-electron chi connectivity index (χ2n) is 5.97. The van der Waals surface area contributed by atoms with Crippen molar-refractivity contribution >= 4 is 50.4 Å². The van der Waals surface area contributed by atoms with Crippen LogP contribution in [0.5, 0.6) is 0 Å². The van der Waals surface area contributed by atoms with Crippen molar-refractivity contribution < 1.29 is 4.42 Å². The number of para-hydroxylation sites is 2. The number of aryl methyl sites for hydroxylation is 1. The lowest BCUT2D eigenvalue weighted by Gasteiger charge is -1.99. The zero-order chi connectivity index (χ0) is 18.8. The van der Waals surface area contributed by atoms with Crippen LogP contribution in [0.15, 0.2) is 73.5 Å². The van der Waals surface area contributed by atoms with E-state index in [-0.39, 0.29) is 0 Å². The van der Waals surface area contributed by atoms with Gasteiger partial charge in [0.15, 0.2) is 5.09 Å². The van der Waals surface area contributed by atoms with Crippen LogP contribution in [-0.2, 0) is 0 Å². The van der Waals surface area contributed by atoms with Crippen molar-refractivity contribution in [3.05, 3.63) is 76.2 Å². The number of hydrogen-bond acceptors (Lipinski definition) is 4. The van der Waals surface area contributed by atoms with Crippen LogP contribution in [0.3, 0.4) is 0 Å². The Bertz CT molecular complexity index is 1150. The maximum absolute atomic E-state index is 9.57. The third kappa shape index (κ3) is 3.85. The van der Waals surface area contributed by atoms with E-state index in [0.717, 1.165) is 25.5 Å². The molecule has 0 radical (unpaired) electrons. The van der Waals surface area contributed by atoms with Crippen molar-refractivity contribution in [2.24, 2.45) is 0 Å². The zero-order valence-electron chi connectivity index (χ0n) is 14.4. The molecule has 0 atom stereocenters. The molecule has 2 heterocycles. The smallest absolute Gasteiger partial charge is 0.179 e. The van der Waals surface area contributed by atoms with Gasteiger partial charge in [0.1, 0.15) is 17.7 Å². The predicted molar refractivity (Wildman–Crippen MR) is 111 cm³/mol. The lowest BCUT2D eigenvalue weighted by Crippen LogP contribution is -1.84. The molecule has 0 unspecified atom stereocenters. The highest BCUT2D eigenvalue weighted by Gasteiger charge is 2.13. The molecule has 0 saturated carbocycles. The third-order valence-corrected chi connectivity index (χ3v) is 5.81. The van der Waals surface area contributed by atoms with Crippen molar-refractivity contribution in [3.8, 4) is 6.07 Å². The molecule has 0 aliphatic heterocycles. The second kappa shape index (κ2) is 7.47. The van der Waals surface area contributed by atoms with Gasteiger partial charge < -0.3 is 9.40 Å². The molecule has 132 valence electrons. The van der Waals surface area contributed by atoms with Gasteiger partial charge in [0.05, 0.1) is 21.1 Å². The summed E-state index contributed by atoms with van der Waals surface area (Å²) in [6.07, 6.45) is 1.70. The van der Waals surface area contributed by atoms with Crippen LogP contribution in [0.2, 0.25) is 0 Å². The molecular formula is C21H14BrN3OS. The number of allylic oxidation sites excluding steroid dienone is 1. The molecular weight excluding hydrogens is 422 g/mol. The van der Waals surface area contributed by atoms with E-state index >= 15 is 0 Å². The molecule has 27 heavy (non-hydrogen) atoms. The highest BCUT2D eigenvalue weighted by molar-refractivity contribution is 9.10. The number of halogens is 1. The Morgan fingerprint density at radius 3 is 2.74 bits per heavy atom. The fraction of sp³-hybridized carbons (Fsp3) is 0.0476. The largest absolute Gasteiger partial charge is 0.449 e. The van der Waals surface area contributed by atoms with Crippen molar-refractivity contribution in [1.82, 2.24) is 9.97 Å². The summed E-state index contributed by atoms with van der Waals surface area (Å²) in [5.74, 6) is 1.12. The molecule has 0 spiro atoms. The number of rotatable bonds is 4. The minimum atomic E-state index is 0.416. The van der Waals surface area contributed by atoms with Crippen LogP contribution in [0, 0.1) is 18.3 Å². The zero-order valence-corrected chi connectivity index (χ0v) is 16.8. The number of benzene rings is 2. The first-order valence-electron chi connectivity index (χ1n) is 8.23. The fourth-order valence-electron chi connectivity index (χ4n) is 2.60. The molecule has 2 aromatic carbocycles. The van der Waals surface area contributed by atoms with E-state index in [2.05, 4.69) is 63.2 Å². The quantitative estimate of drug-likeness (QED) is 0.374. The highest BCUT2D eigenvalue weighted by atomic mass is 79.9. The summed E-state index contributed by atoms with van der Waals surface area (Å²) < 4.78 is 6.77. The number of nitrogens with one attached hydrogen (secondary N) is 1. The first kappa shape index (κ1) is 17.7. The van der Waals surface area contributed by atoms with E-state index in [1.165, 1.54) is 17.3 Å². The summed E-state index contributed by atoms with van der Waals surface area (Å²) in [5, 5.41) is 10.3. The van der Waals surface area contributed by atoms with Gasteiger partial charge in [0.25, 0.3) is 0 Å². The fourth-order valence-corrected chi connectivity index (χ4v) is 3.93. The average molecular weight is 436 g/mol. The molecule has 4 nitrogen and oxygen atoms in total. The van der Waals surface area contributed by atoms with Crippen LogP contribution in [0.4, 0.5) is 0 Å². The van der Waals surface area contributed by atoms with Gasteiger partial charge >= 0.3 is 0 Å². The van der Waals surface area contributed by atoms with Gasteiger partial charge in [-0.25, -0.2) is 4.98 Å². The molecule has 4 aromatic rings. The van der Waals surface area contributed by atoms with Crippen molar-refractivity contribution in [2.45, 2.75) is 16.9 Å². The van der Waals surface area contributed by atoms with E-state index < -0.39 is 0 Å². The summed E-state index contributed by atoms with van der Waals surface area (Å²) >= 11 is 5.06. The SMILES string of the molecule is Cc1ccc(Sc2oc(/C=C(\C#N)c3nc4ccccc4[nH]3)cc2Br)cc1. The maximum atomic E-state index is 9.57. The van der Waals surface area contributed by atoms with Crippen LogP contribution in [0.1, 0.15) is 17.1 Å². The van der Waals surface area contributed by atoms with E-state index in [4.69, 9.17) is 4.42 Å². The van der Waals surface area contributed by atoms with Crippen LogP contribution < -0.4 is 0 Å². The lowest BCUT2D eigenvalue weighted by molar-refractivity contribution is 0.463. The summed E-state index contributed by atoms with van der Waals surface area (Å²) in [5.41, 5.74) is 3.35. The Labute approximate surface area is 169 Å². The summed E-state index contributed by atoms with van der Waals surface area (Å²) in [6.45, 7) is 2.06. The number of nitriles is 1. The predicted octanol–water partition coefficient (Wildman–Crippen LogP) is 6.44. The molecule has 0 bridgehead atoms. The summed E-state index contributed by atoms with van der Waals surface area (Å²) in [6, 6.07) is 20.0. The molecule has 4 rings (SSSR count). The number of aromatic nitrogens is 2. The van der Waals surface area contributed by atoms with Crippen molar-refractivity contribution in [1.29, 1.82) is 5.26 Å². The monoisotopic (exact) mass is 435 g/mol. The number of hydrogen-bond donors (Lipinski definition) is 1. The minimum absolute atomic E-state index is 0.416. The van der Waals surface area contributed by atoms with Gasteiger partial charge in [0.2, 0.25) is 0 Å². The van der Waals surface area contributed by atoms with Gasteiger partial charge in [0, 0.05) is 11.0 Å². The van der Waals surface area contributed by atoms with E-state index in [1.54, 1.807) is 6.08 Å². The highest BCUT2D eigenvalue weighted by Crippen LogP contribution is 2.37. The standard InChI is InChI=1S/C21H14BrN3OS/c1-13-6-8-16(9-7-13)27-21-17(22)11-15(26-21)10-14(12-23)20-24-18-4-2-3-5-19(18)25-20/h2-11H,1H3,(H,24,25)/b14-10+. The Morgan fingerprint density at radius 1 is 1.22 bits per heavy atom. The molecule has 0 amide bonds. The first-order chi connectivity index (χ1) is 13.1. The van der Waals surface area contributed by atoms with Gasteiger partial charge in [-0.3, -0.25) is 0 Å². The average Bonchev–Trinajstić information content (AvgIpc) is 3.25. The van der Waals surface area contributed by atoms with Crippen LogP contribution in [0.25, 0.3) is 22.7 Å². The minimum Gasteiger partial charge on any atom is -0.449 e. The Kier molecular flexibility index (Phi) is 4.88. The number of fused-ring (bicyclic) bond motifs is 1. The van der Waals surface area contributed by atoms with Gasteiger partial charge in [-0.2, -0.15) is 5.26 Å². The first-order valence-corrected chi connectivity index (χ1v) is 9.84. The normalized spacial score (nSPS) is 11.7. The number of furan rings is 1. The van der Waals surface area contributed by atoms with E-state index in [0.29, 0.717) is 17.2 Å². The molecule has 0 aliphatic carbocycles. The van der Waals surface area contributed by atoms with Crippen LogP contribution in [-0.4, -0.2) is 9.97 Å². The maximum Gasteiger partial charge on any atom is 0.179 e. The van der Waals surface area contributed by atoms with E-state index in [9.17, 15) is 5.26 Å². The molecule has 2 aromatic heterocycles. The molecule has 1 N–H and O–H groups in total. The number of nitrogens with zero attached hydrogens (tertiary/aromatic N) is 2. The van der Waals surface area contributed by atoms with Crippen molar-refractivity contribution in [3.63, 3.8) is 0 Å². The summed E-state index contributed by atoms with van der Waals surface area (Å²) in [4.78, 5) is 8.74. The molecule has 0 fully saturated rings. The van der Waals surface area contributed by atoms with Crippen LogP contribution >= 0.6 is 27.7 Å². The lowest BCUT2D eigenvalue weighted by atomic mass is 10.2.